The fourth-order valence-electron chi connectivity index (χ4n) is 2.47. The molecular weight excluding hydrogens is 298 g/mol. The van der Waals surface area contributed by atoms with E-state index in [2.05, 4.69) is 41.7 Å². The van der Waals surface area contributed by atoms with Crippen molar-refractivity contribution in [3.8, 4) is 16.9 Å². The van der Waals surface area contributed by atoms with Crippen LogP contribution in [-0.4, -0.2) is 5.91 Å². The van der Waals surface area contributed by atoms with Crippen molar-refractivity contribution in [3.05, 3.63) is 84.4 Å². The fourth-order valence-corrected chi connectivity index (χ4v) is 2.47. The molecule has 0 radical (unpaired) electrons. The highest BCUT2D eigenvalue weighted by molar-refractivity contribution is 5.90. The first-order valence-corrected chi connectivity index (χ1v) is 7.86. The maximum atomic E-state index is 11.2. The highest BCUT2D eigenvalue weighted by Gasteiger charge is 2.05. The van der Waals surface area contributed by atoms with Gasteiger partial charge in [0.1, 0.15) is 12.4 Å². The van der Waals surface area contributed by atoms with Crippen molar-refractivity contribution < 1.29 is 9.53 Å². The number of rotatable bonds is 5. The molecular formula is C21H19NO2. The van der Waals surface area contributed by atoms with Crippen LogP contribution < -0.4 is 10.1 Å². The molecule has 0 unspecified atom stereocenters. The van der Waals surface area contributed by atoms with Gasteiger partial charge in [-0.2, -0.15) is 0 Å². The summed E-state index contributed by atoms with van der Waals surface area (Å²) in [6.07, 6.45) is 0. The second kappa shape index (κ2) is 7.47. The summed E-state index contributed by atoms with van der Waals surface area (Å²) in [5.74, 6) is 0.554. The first kappa shape index (κ1) is 15.8. The van der Waals surface area contributed by atoms with Crippen LogP contribution in [0.2, 0.25) is 0 Å². The van der Waals surface area contributed by atoms with Gasteiger partial charge in [0, 0.05) is 6.92 Å². The van der Waals surface area contributed by atoms with Gasteiger partial charge >= 0.3 is 0 Å². The summed E-state index contributed by atoms with van der Waals surface area (Å²) >= 11 is 0. The van der Waals surface area contributed by atoms with E-state index in [1.54, 1.807) is 0 Å². The number of para-hydroxylation sites is 2. The van der Waals surface area contributed by atoms with Gasteiger partial charge < -0.3 is 10.1 Å². The molecule has 0 aliphatic heterocycles. The first-order chi connectivity index (χ1) is 11.7. The largest absolute Gasteiger partial charge is 0.487 e. The minimum atomic E-state index is -0.113. The van der Waals surface area contributed by atoms with Crippen molar-refractivity contribution in [1.29, 1.82) is 0 Å². The van der Waals surface area contributed by atoms with Gasteiger partial charge in [-0.25, -0.2) is 0 Å². The Labute approximate surface area is 141 Å². The van der Waals surface area contributed by atoms with Crippen molar-refractivity contribution in [3.63, 3.8) is 0 Å². The third kappa shape index (κ3) is 4.02. The maximum absolute atomic E-state index is 11.2. The predicted molar refractivity (Wildman–Crippen MR) is 97.0 cm³/mol. The Morgan fingerprint density at radius 2 is 1.46 bits per heavy atom. The predicted octanol–water partition coefficient (Wildman–Crippen LogP) is 4.89. The minimum Gasteiger partial charge on any atom is -0.487 e. The SMILES string of the molecule is CC(=O)Nc1ccccc1OCc1ccc(-c2ccccc2)cc1. The zero-order valence-electron chi connectivity index (χ0n) is 13.5. The van der Waals surface area contributed by atoms with E-state index in [-0.39, 0.29) is 5.91 Å². The Kier molecular flexibility index (Phi) is 4.92. The number of carbonyl (C=O) groups excluding carboxylic acids is 1. The summed E-state index contributed by atoms with van der Waals surface area (Å²) in [4.78, 5) is 11.2. The molecule has 0 atom stereocenters. The molecule has 0 aromatic heterocycles. The molecule has 0 fully saturated rings. The maximum Gasteiger partial charge on any atom is 0.221 e. The molecule has 0 bridgehead atoms. The molecule has 120 valence electrons. The highest BCUT2D eigenvalue weighted by Crippen LogP contribution is 2.25. The third-order valence-corrected chi connectivity index (χ3v) is 3.65. The van der Waals surface area contributed by atoms with E-state index in [1.807, 2.05) is 42.5 Å². The summed E-state index contributed by atoms with van der Waals surface area (Å²) in [6, 6.07) is 26.0. The summed E-state index contributed by atoms with van der Waals surface area (Å²) in [6.45, 7) is 1.94. The number of ether oxygens (including phenoxy) is 1. The zero-order valence-corrected chi connectivity index (χ0v) is 13.5. The molecule has 3 nitrogen and oxygen atoms in total. The van der Waals surface area contributed by atoms with E-state index >= 15 is 0 Å². The number of nitrogens with one attached hydrogen (secondary N) is 1. The van der Waals surface area contributed by atoms with Crippen LogP contribution in [0.5, 0.6) is 5.75 Å². The van der Waals surface area contributed by atoms with Gasteiger partial charge in [0.25, 0.3) is 0 Å². The fraction of sp³-hybridized carbons (Fsp3) is 0.0952. The Hall–Kier alpha value is -3.07. The van der Waals surface area contributed by atoms with Crippen LogP contribution in [0.25, 0.3) is 11.1 Å². The van der Waals surface area contributed by atoms with Crippen LogP contribution in [-0.2, 0) is 11.4 Å². The molecule has 1 N–H and O–H groups in total. The quantitative estimate of drug-likeness (QED) is 0.727. The van der Waals surface area contributed by atoms with Crippen molar-refractivity contribution in [1.82, 2.24) is 0 Å². The lowest BCUT2D eigenvalue weighted by molar-refractivity contribution is -0.114. The van der Waals surface area contributed by atoms with Crippen molar-refractivity contribution in [2.45, 2.75) is 13.5 Å². The molecule has 0 spiro atoms. The molecule has 3 rings (SSSR count). The van der Waals surface area contributed by atoms with Gasteiger partial charge in [-0.05, 0) is 28.8 Å². The van der Waals surface area contributed by atoms with Crippen LogP contribution in [0.4, 0.5) is 5.69 Å². The van der Waals surface area contributed by atoms with Crippen molar-refractivity contribution in [2.24, 2.45) is 0 Å². The van der Waals surface area contributed by atoms with Gasteiger partial charge in [-0.15, -0.1) is 0 Å². The van der Waals surface area contributed by atoms with Gasteiger partial charge in [0.05, 0.1) is 5.69 Å². The average molecular weight is 317 g/mol. The monoisotopic (exact) mass is 317 g/mol. The zero-order chi connectivity index (χ0) is 16.8. The van der Waals surface area contributed by atoms with E-state index in [1.165, 1.54) is 18.1 Å². The van der Waals surface area contributed by atoms with Crippen LogP contribution in [0.3, 0.4) is 0 Å². The summed E-state index contributed by atoms with van der Waals surface area (Å²) in [5, 5.41) is 2.78. The Bertz CT molecular complexity index is 811. The summed E-state index contributed by atoms with van der Waals surface area (Å²) < 4.78 is 5.85. The molecule has 0 saturated carbocycles. The van der Waals surface area contributed by atoms with E-state index in [4.69, 9.17) is 4.74 Å². The Morgan fingerprint density at radius 3 is 2.17 bits per heavy atom. The van der Waals surface area contributed by atoms with Crippen molar-refractivity contribution in [2.75, 3.05) is 5.32 Å². The highest BCUT2D eigenvalue weighted by atomic mass is 16.5. The summed E-state index contributed by atoms with van der Waals surface area (Å²) in [5.41, 5.74) is 4.14. The Balaban J connectivity index is 1.68. The molecule has 0 heterocycles. The smallest absolute Gasteiger partial charge is 0.221 e. The molecule has 0 saturated heterocycles. The number of amides is 1. The lowest BCUT2D eigenvalue weighted by Crippen LogP contribution is -2.07. The number of hydrogen-bond acceptors (Lipinski definition) is 2. The standard InChI is InChI=1S/C21H19NO2/c1-16(23)22-20-9-5-6-10-21(20)24-15-17-11-13-19(14-12-17)18-7-3-2-4-8-18/h2-14H,15H2,1H3,(H,22,23). The van der Waals surface area contributed by atoms with E-state index in [9.17, 15) is 4.79 Å². The molecule has 0 aliphatic rings. The van der Waals surface area contributed by atoms with Gasteiger partial charge in [0.2, 0.25) is 5.91 Å². The van der Waals surface area contributed by atoms with E-state index in [0.717, 1.165) is 5.56 Å². The summed E-state index contributed by atoms with van der Waals surface area (Å²) in [7, 11) is 0. The lowest BCUT2D eigenvalue weighted by Gasteiger charge is -2.12. The van der Waals surface area contributed by atoms with Crippen LogP contribution >= 0.6 is 0 Å². The topological polar surface area (TPSA) is 38.3 Å². The number of carbonyl (C=O) groups is 1. The van der Waals surface area contributed by atoms with Gasteiger partial charge in [0.15, 0.2) is 0 Å². The number of anilines is 1. The van der Waals surface area contributed by atoms with Crippen LogP contribution in [0, 0.1) is 0 Å². The molecule has 0 aliphatic carbocycles. The van der Waals surface area contributed by atoms with Gasteiger partial charge in [-0.1, -0.05) is 66.7 Å². The average Bonchev–Trinajstić information content (AvgIpc) is 2.62. The van der Waals surface area contributed by atoms with E-state index < -0.39 is 0 Å². The second-order valence-electron chi connectivity index (χ2n) is 5.53. The lowest BCUT2D eigenvalue weighted by atomic mass is 10.0. The molecule has 24 heavy (non-hydrogen) atoms. The minimum absolute atomic E-state index is 0.113. The third-order valence-electron chi connectivity index (χ3n) is 3.65. The van der Waals surface area contributed by atoms with Crippen LogP contribution in [0.1, 0.15) is 12.5 Å². The number of hydrogen-bond donors (Lipinski definition) is 1. The molecule has 3 aromatic rings. The van der Waals surface area contributed by atoms with Crippen LogP contribution in [0.15, 0.2) is 78.9 Å². The Morgan fingerprint density at radius 1 is 0.833 bits per heavy atom. The van der Waals surface area contributed by atoms with E-state index in [0.29, 0.717) is 18.0 Å². The van der Waals surface area contributed by atoms with Gasteiger partial charge in [-0.3, -0.25) is 4.79 Å². The van der Waals surface area contributed by atoms with Crippen molar-refractivity contribution >= 4 is 11.6 Å². The number of benzene rings is 3. The first-order valence-electron chi connectivity index (χ1n) is 7.86. The molecule has 3 heteroatoms. The second-order valence-corrected chi connectivity index (χ2v) is 5.53. The molecule has 1 amide bonds. The normalized spacial score (nSPS) is 10.2. The molecule has 3 aromatic carbocycles.